The van der Waals surface area contributed by atoms with Gasteiger partial charge in [-0.05, 0) is 48.6 Å². The lowest BCUT2D eigenvalue weighted by Crippen LogP contribution is -2.45. The van der Waals surface area contributed by atoms with Crippen molar-refractivity contribution in [2.75, 3.05) is 26.3 Å². The molecular weight excluding hydrogens is 504 g/mol. The maximum atomic E-state index is 13.5. The van der Waals surface area contributed by atoms with Gasteiger partial charge in [-0.15, -0.1) is 11.3 Å². The van der Waals surface area contributed by atoms with Crippen molar-refractivity contribution in [3.8, 4) is 17.2 Å². The van der Waals surface area contributed by atoms with Gasteiger partial charge in [0, 0.05) is 48.9 Å². The second-order valence-electron chi connectivity index (χ2n) is 10.1. The van der Waals surface area contributed by atoms with Crippen molar-refractivity contribution in [3.05, 3.63) is 70.2 Å². The van der Waals surface area contributed by atoms with Gasteiger partial charge in [-0.3, -0.25) is 19.5 Å². The van der Waals surface area contributed by atoms with Crippen LogP contribution >= 0.6 is 11.3 Å². The molecule has 3 aromatic rings. The number of thiazole rings is 1. The summed E-state index contributed by atoms with van der Waals surface area (Å²) in [4.78, 5) is 33.5. The molecule has 9 nitrogen and oxygen atoms in total. The monoisotopic (exact) mass is 534 g/mol. The zero-order valence-electron chi connectivity index (χ0n) is 20.9. The molecule has 0 radical (unpaired) electrons. The Balaban J connectivity index is 1.27. The van der Waals surface area contributed by atoms with Crippen molar-refractivity contribution in [2.45, 2.75) is 38.1 Å². The molecule has 2 aromatic carbocycles. The van der Waals surface area contributed by atoms with E-state index in [-0.39, 0.29) is 30.6 Å². The number of likely N-dealkylation sites (tertiary alicyclic amines) is 1. The van der Waals surface area contributed by atoms with Crippen LogP contribution < -0.4 is 24.8 Å². The van der Waals surface area contributed by atoms with Crippen molar-refractivity contribution in [2.24, 2.45) is 5.92 Å². The number of aromatic nitrogens is 1. The first kappa shape index (κ1) is 24.7. The number of hydrogen-bond acceptors (Lipinski definition) is 8. The molecule has 4 bridgehead atoms. The van der Waals surface area contributed by atoms with Gasteiger partial charge < -0.3 is 24.8 Å². The fourth-order valence-electron chi connectivity index (χ4n) is 4.66. The average Bonchev–Trinajstić information content (AvgIpc) is 3.48. The van der Waals surface area contributed by atoms with Gasteiger partial charge in [0.2, 0.25) is 0 Å². The van der Waals surface area contributed by atoms with Crippen LogP contribution in [0.15, 0.2) is 54.2 Å². The first-order valence-electron chi connectivity index (χ1n) is 12.9. The highest BCUT2D eigenvalue weighted by Crippen LogP contribution is 2.31. The summed E-state index contributed by atoms with van der Waals surface area (Å²) >= 11 is 1.62. The Morgan fingerprint density at radius 2 is 1.95 bits per heavy atom. The zero-order chi connectivity index (χ0) is 25.9. The number of carbonyl (C=O) groups excluding carboxylic acids is 2. The summed E-state index contributed by atoms with van der Waals surface area (Å²) in [5, 5.41) is 6.06. The van der Waals surface area contributed by atoms with Gasteiger partial charge in [0.05, 0.1) is 18.2 Å². The second kappa shape index (κ2) is 11.0. The molecule has 2 atom stereocenters. The number of hydrogen-bond donors (Lipinski definition) is 2. The summed E-state index contributed by atoms with van der Waals surface area (Å²) in [6.07, 6.45) is 3.96. The van der Waals surface area contributed by atoms with Crippen molar-refractivity contribution in [1.82, 2.24) is 20.5 Å². The number of ether oxygens (including phenoxy) is 3. The standard InChI is InChI=1S/C28H30N4O5S/c33-27-16-36-23-8-20(7-22(9-23)35-15-19-1-2-19)28(34)31-25-13-32(12-24-11-29-17-38-24)14-26(25)37-21-5-3-18(4-6-21)10-30-27/h3-9,11,17,19,25-26H,1-2,10,12-16H2,(H,30,33)(H,31,34)/t25-,26-/m0/s1. The molecule has 198 valence electrons. The molecule has 0 unspecified atom stereocenters. The first-order chi connectivity index (χ1) is 18.6. The van der Waals surface area contributed by atoms with Crippen LogP contribution in [-0.2, 0) is 17.9 Å². The minimum Gasteiger partial charge on any atom is -0.493 e. The highest BCUT2D eigenvalue weighted by Gasteiger charge is 2.36. The van der Waals surface area contributed by atoms with Crippen LogP contribution in [0.2, 0.25) is 0 Å². The van der Waals surface area contributed by atoms with E-state index < -0.39 is 0 Å². The number of rotatable bonds is 5. The highest BCUT2D eigenvalue weighted by molar-refractivity contribution is 7.09. The van der Waals surface area contributed by atoms with E-state index in [0.717, 1.165) is 30.7 Å². The third-order valence-electron chi connectivity index (χ3n) is 6.92. The summed E-state index contributed by atoms with van der Waals surface area (Å²) in [6.45, 7) is 2.88. The topological polar surface area (TPSA) is 102 Å². The van der Waals surface area contributed by atoms with E-state index in [1.165, 1.54) is 4.88 Å². The minimum absolute atomic E-state index is 0.161. The molecule has 4 heterocycles. The van der Waals surface area contributed by atoms with Crippen LogP contribution in [0.4, 0.5) is 0 Å². The summed E-state index contributed by atoms with van der Waals surface area (Å²) in [7, 11) is 0. The van der Waals surface area contributed by atoms with Crippen LogP contribution in [-0.4, -0.2) is 60.1 Å². The lowest BCUT2D eigenvalue weighted by Gasteiger charge is -2.22. The van der Waals surface area contributed by atoms with E-state index in [4.69, 9.17) is 14.2 Å². The van der Waals surface area contributed by atoms with Gasteiger partial charge in [0.25, 0.3) is 11.8 Å². The third-order valence-corrected chi connectivity index (χ3v) is 7.68. The highest BCUT2D eigenvalue weighted by atomic mass is 32.1. The number of carbonyl (C=O) groups is 2. The molecule has 1 aromatic heterocycles. The molecule has 38 heavy (non-hydrogen) atoms. The van der Waals surface area contributed by atoms with Gasteiger partial charge in [-0.25, -0.2) is 0 Å². The smallest absolute Gasteiger partial charge is 0.258 e. The Labute approximate surface area is 225 Å². The van der Waals surface area contributed by atoms with Gasteiger partial charge in [0.1, 0.15) is 23.4 Å². The maximum Gasteiger partial charge on any atom is 0.258 e. The van der Waals surface area contributed by atoms with E-state index in [0.29, 0.717) is 49.2 Å². The molecule has 2 fully saturated rings. The van der Waals surface area contributed by atoms with Crippen LogP contribution in [0.3, 0.4) is 0 Å². The average molecular weight is 535 g/mol. The Hall–Kier alpha value is -3.63. The van der Waals surface area contributed by atoms with E-state index in [1.807, 2.05) is 36.0 Å². The Kier molecular flexibility index (Phi) is 7.15. The molecule has 3 aliphatic heterocycles. The summed E-state index contributed by atoms with van der Waals surface area (Å²) in [6, 6.07) is 12.5. The molecule has 2 N–H and O–H groups in total. The van der Waals surface area contributed by atoms with Crippen LogP contribution in [0, 0.1) is 5.92 Å². The third kappa shape index (κ3) is 6.25. The second-order valence-corrected chi connectivity index (χ2v) is 11.0. The van der Waals surface area contributed by atoms with Gasteiger partial charge >= 0.3 is 0 Å². The van der Waals surface area contributed by atoms with Gasteiger partial charge in [-0.1, -0.05) is 12.1 Å². The summed E-state index contributed by atoms with van der Waals surface area (Å²) < 4.78 is 18.1. The van der Waals surface area contributed by atoms with E-state index in [1.54, 1.807) is 29.5 Å². The van der Waals surface area contributed by atoms with Crippen LogP contribution in [0.25, 0.3) is 0 Å². The number of nitrogens with zero attached hydrogens (tertiary/aromatic N) is 2. The number of fused-ring (bicyclic) bond motifs is 7. The van der Waals surface area contributed by atoms with Crippen LogP contribution in [0.1, 0.15) is 33.6 Å². The Bertz CT molecular complexity index is 1280. The van der Waals surface area contributed by atoms with Gasteiger partial charge in [-0.2, -0.15) is 0 Å². The molecule has 2 amide bonds. The van der Waals surface area contributed by atoms with Crippen molar-refractivity contribution in [1.29, 1.82) is 0 Å². The van der Waals surface area contributed by atoms with E-state index >= 15 is 0 Å². The number of nitrogens with one attached hydrogen (secondary N) is 2. The minimum atomic E-state index is -0.250. The molecule has 1 saturated carbocycles. The number of benzene rings is 2. The van der Waals surface area contributed by atoms with Crippen LogP contribution in [0.5, 0.6) is 17.2 Å². The molecule has 1 aliphatic carbocycles. The van der Waals surface area contributed by atoms with Crippen molar-refractivity contribution in [3.63, 3.8) is 0 Å². The van der Waals surface area contributed by atoms with E-state index in [9.17, 15) is 9.59 Å². The maximum absolute atomic E-state index is 13.5. The molecule has 10 heteroatoms. The molecular formula is C28H30N4O5S. The normalized spacial score (nSPS) is 22.0. The lowest BCUT2D eigenvalue weighted by molar-refractivity contribution is -0.123. The fraction of sp³-hybridized carbons (Fsp3) is 0.393. The fourth-order valence-corrected chi connectivity index (χ4v) is 5.30. The summed E-state index contributed by atoms with van der Waals surface area (Å²) in [5.41, 5.74) is 3.20. The molecule has 1 saturated heterocycles. The Morgan fingerprint density at radius 3 is 2.74 bits per heavy atom. The number of amides is 2. The largest absolute Gasteiger partial charge is 0.493 e. The molecule has 0 spiro atoms. The quantitative estimate of drug-likeness (QED) is 0.519. The first-order valence-corrected chi connectivity index (χ1v) is 13.8. The molecule has 4 aliphatic rings. The summed E-state index contributed by atoms with van der Waals surface area (Å²) in [5.74, 6) is 1.76. The molecule has 7 rings (SSSR count). The SMILES string of the molecule is O=C1COc2cc(OCC3CC3)cc(c2)C(=O)N[C@H]2CN(Cc3cncs3)C[C@@H]2Oc2ccc(cc2)CN1. The lowest BCUT2D eigenvalue weighted by atomic mass is 10.1. The van der Waals surface area contributed by atoms with Crippen molar-refractivity contribution < 1.29 is 23.8 Å². The zero-order valence-corrected chi connectivity index (χ0v) is 21.7. The van der Waals surface area contributed by atoms with Gasteiger partial charge in [0.15, 0.2) is 6.61 Å². The van der Waals surface area contributed by atoms with Crippen molar-refractivity contribution >= 4 is 23.2 Å². The Morgan fingerprint density at radius 1 is 1.08 bits per heavy atom. The predicted octanol–water partition coefficient (Wildman–Crippen LogP) is 3.00. The predicted molar refractivity (Wildman–Crippen MR) is 142 cm³/mol. The van der Waals surface area contributed by atoms with E-state index in [2.05, 4.69) is 20.5 Å².